The maximum absolute atomic E-state index is 10.6. The molecule has 1 aromatic rings. The van der Waals surface area contributed by atoms with Gasteiger partial charge in [0.1, 0.15) is 5.75 Å². The number of hydrogen-bond donors (Lipinski definition) is 4. The summed E-state index contributed by atoms with van der Waals surface area (Å²) in [5, 5.41) is 29.2. The first kappa shape index (κ1) is 23.2. The van der Waals surface area contributed by atoms with Gasteiger partial charge in [0.15, 0.2) is 0 Å². The summed E-state index contributed by atoms with van der Waals surface area (Å²) in [6, 6.07) is 5.17. The highest BCUT2D eigenvalue weighted by atomic mass is 19.4. The average molecular weight is 367 g/mol. The Morgan fingerprint density at radius 1 is 1.28 bits per heavy atom. The second kappa shape index (κ2) is 9.59. The SMILES string of the molecule is COC(CNC(C)(C)C)c1ccc(O)c(CO)c1.O=C(O)C(F)(F)F. The van der Waals surface area contributed by atoms with E-state index < -0.39 is 12.1 Å². The number of halogens is 3. The van der Waals surface area contributed by atoms with Crippen LogP contribution >= 0.6 is 0 Å². The number of rotatable bonds is 5. The fraction of sp³-hybridized carbons (Fsp3) is 0.562. The molecule has 0 fully saturated rings. The van der Waals surface area contributed by atoms with Crippen LogP contribution in [0, 0.1) is 0 Å². The molecule has 0 saturated heterocycles. The van der Waals surface area contributed by atoms with E-state index >= 15 is 0 Å². The molecule has 1 aromatic carbocycles. The Balaban J connectivity index is 0.000000697. The number of carboxylic acid groups (broad SMARTS) is 1. The molecule has 0 bridgehead atoms. The van der Waals surface area contributed by atoms with Crippen LogP contribution in [0.15, 0.2) is 18.2 Å². The highest BCUT2D eigenvalue weighted by Crippen LogP contribution is 2.24. The fourth-order valence-corrected chi connectivity index (χ4v) is 1.67. The lowest BCUT2D eigenvalue weighted by Gasteiger charge is -2.25. The predicted octanol–water partition coefficient (Wildman–Crippen LogP) is 2.59. The molecule has 25 heavy (non-hydrogen) atoms. The van der Waals surface area contributed by atoms with Gasteiger partial charge >= 0.3 is 12.1 Å². The Hall–Kier alpha value is -1.84. The van der Waals surface area contributed by atoms with Crippen LogP contribution in [0.3, 0.4) is 0 Å². The van der Waals surface area contributed by atoms with Crippen LogP contribution in [0.1, 0.15) is 38.0 Å². The van der Waals surface area contributed by atoms with E-state index in [0.29, 0.717) is 12.1 Å². The van der Waals surface area contributed by atoms with Gasteiger partial charge in [-0.15, -0.1) is 0 Å². The largest absolute Gasteiger partial charge is 0.508 e. The Bertz CT molecular complexity index is 556. The fourth-order valence-electron chi connectivity index (χ4n) is 1.67. The van der Waals surface area contributed by atoms with Crippen molar-refractivity contribution in [3.8, 4) is 5.75 Å². The highest BCUT2D eigenvalue weighted by molar-refractivity contribution is 5.73. The second-order valence-corrected chi connectivity index (χ2v) is 6.20. The Labute approximate surface area is 144 Å². The van der Waals surface area contributed by atoms with Crippen molar-refractivity contribution in [1.82, 2.24) is 5.32 Å². The monoisotopic (exact) mass is 367 g/mol. The molecule has 1 atom stereocenters. The zero-order valence-corrected chi connectivity index (χ0v) is 14.5. The van der Waals surface area contributed by atoms with Gasteiger partial charge < -0.3 is 25.4 Å². The number of methoxy groups -OCH3 is 1. The van der Waals surface area contributed by atoms with Crippen molar-refractivity contribution in [2.75, 3.05) is 13.7 Å². The number of ether oxygens (including phenoxy) is 1. The number of carbonyl (C=O) groups is 1. The van der Waals surface area contributed by atoms with Crippen molar-refractivity contribution in [2.45, 2.75) is 45.2 Å². The normalized spacial score (nSPS) is 13.0. The number of aromatic hydroxyl groups is 1. The van der Waals surface area contributed by atoms with Crippen LogP contribution in [0.5, 0.6) is 5.75 Å². The molecule has 0 heterocycles. The number of hydrogen-bond acceptors (Lipinski definition) is 5. The van der Waals surface area contributed by atoms with Gasteiger partial charge in [0.05, 0.1) is 12.7 Å². The number of benzene rings is 1. The van der Waals surface area contributed by atoms with Gasteiger partial charge in [-0.1, -0.05) is 6.07 Å². The molecule has 0 aliphatic heterocycles. The lowest BCUT2D eigenvalue weighted by Crippen LogP contribution is -2.38. The first-order valence-electron chi connectivity index (χ1n) is 7.32. The van der Waals surface area contributed by atoms with E-state index in [4.69, 9.17) is 19.7 Å². The zero-order valence-electron chi connectivity index (χ0n) is 14.5. The van der Waals surface area contributed by atoms with Crippen LogP contribution in [0.25, 0.3) is 0 Å². The number of alkyl halides is 3. The second-order valence-electron chi connectivity index (χ2n) is 6.20. The molecule has 1 unspecified atom stereocenters. The van der Waals surface area contributed by atoms with Crippen LogP contribution < -0.4 is 5.32 Å². The van der Waals surface area contributed by atoms with Crippen LogP contribution in [-0.2, 0) is 16.1 Å². The topological polar surface area (TPSA) is 99.0 Å². The third-order valence-electron chi connectivity index (χ3n) is 2.99. The van der Waals surface area contributed by atoms with Gasteiger partial charge in [0.2, 0.25) is 0 Å². The summed E-state index contributed by atoms with van der Waals surface area (Å²) in [5.74, 6) is -2.65. The minimum Gasteiger partial charge on any atom is -0.508 e. The minimum atomic E-state index is -5.08. The minimum absolute atomic E-state index is 0.0213. The number of phenols is 1. The molecule has 0 amide bonds. The van der Waals surface area contributed by atoms with Gasteiger partial charge in [-0.3, -0.25) is 0 Å². The molecule has 6 nitrogen and oxygen atoms in total. The molecule has 4 N–H and O–H groups in total. The van der Waals surface area contributed by atoms with Gasteiger partial charge in [0, 0.05) is 24.8 Å². The van der Waals surface area contributed by atoms with Gasteiger partial charge in [-0.2, -0.15) is 13.2 Å². The van der Waals surface area contributed by atoms with E-state index in [1.807, 2.05) is 6.07 Å². The summed E-state index contributed by atoms with van der Waals surface area (Å²) in [4.78, 5) is 8.90. The maximum atomic E-state index is 10.6. The molecular formula is C16H24F3NO5. The highest BCUT2D eigenvalue weighted by Gasteiger charge is 2.38. The van der Waals surface area contributed by atoms with Crippen molar-refractivity contribution >= 4 is 5.97 Å². The van der Waals surface area contributed by atoms with Crippen molar-refractivity contribution in [3.05, 3.63) is 29.3 Å². The van der Waals surface area contributed by atoms with E-state index in [2.05, 4.69) is 26.1 Å². The molecular weight excluding hydrogens is 343 g/mol. The number of aliphatic hydroxyl groups excluding tert-OH is 1. The molecule has 0 saturated carbocycles. The molecule has 1 rings (SSSR count). The standard InChI is InChI=1S/C14H23NO3.C2HF3O2/c1-14(2,3)15-8-13(18-4)10-5-6-12(17)11(7-10)9-16;3-2(4,5)1(6)7/h5-7,13,15-17H,8-9H2,1-4H3;(H,6,7). The summed E-state index contributed by atoms with van der Waals surface area (Å²) >= 11 is 0. The maximum Gasteiger partial charge on any atom is 0.490 e. The van der Waals surface area contributed by atoms with E-state index in [-0.39, 0.29) is 24.0 Å². The lowest BCUT2D eigenvalue weighted by atomic mass is 10.0. The summed E-state index contributed by atoms with van der Waals surface area (Å²) in [5.41, 5.74) is 1.48. The summed E-state index contributed by atoms with van der Waals surface area (Å²) < 4.78 is 37.2. The number of carboxylic acids is 1. The van der Waals surface area contributed by atoms with Crippen molar-refractivity contribution in [3.63, 3.8) is 0 Å². The number of aliphatic carboxylic acids is 1. The Morgan fingerprint density at radius 3 is 2.16 bits per heavy atom. The summed E-state index contributed by atoms with van der Waals surface area (Å²) in [7, 11) is 1.65. The van der Waals surface area contributed by atoms with E-state index in [0.717, 1.165) is 5.56 Å². The lowest BCUT2D eigenvalue weighted by molar-refractivity contribution is -0.192. The molecule has 0 spiro atoms. The van der Waals surface area contributed by atoms with Crippen LogP contribution in [0.4, 0.5) is 13.2 Å². The van der Waals surface area contributed by atoms with Crippen molar-refractivity contribution in [2.24, 2.45) is 0 Å². The predicted molar refractivity (Wildman–Crippen MR) is 85.2 cm³/mol. The molecule has 0 aliphatic rings. The van der Waals surface area contributed by atoms with Crippen molar-refractivity contribution in [1.29, 1.82) is 0 Å². The molecule has 0 aliphatic carbocycles. The summed E-state index contributed by atoms with van der Waals surface area (Å²) in [6.07, 6.45) is -5.19. The first-order chi connectivity index (χ1) is 11.3. The molecule has 0 radical (unpaired) electrons. The van der Waals surface area contributed by atoms with Crippen LogP contribution in [-0.4, -0.2) is 46.7 Å². The van der Waals surface area contributed by atoms with E-state index in [1.165, 1.54) is 0 Å². The van der Waals surface area contributed by atoms with Gasteiger partial charge in [-0.05, 0) is 38.5 Å². The quantitative estimate of drug-likeness (QED) is 0.639. The molecule has 0 aromatic heterocycles. The van der Waals surface area contributed by atoms with E-state index in [9.17, 15) is 18.3 Å². The smallest absolute Gasteiger partial charge is 0.490 e. The van der Waals surface area contributed by atoms with E-state index in [1.54, 1.807) is 19.2 Å². The average Bonchev–Trinajstić information content (AvgIpc) is 2.47. The van der Waals surface area contributed by atoms with Crippen molar-refractivity contribution < 1.29 is 38.0 Å². The van der Waals surface area contributed by atoms with Crippen LogP contribution in [0.2, 0.25) is 0 Å². The molecule has 9 heteroatoms. The zero-order chi connectivity index (χ0) is 19.8. The Kier molecular flexibility index (Phi) is 8.89. The molecule has 144 valence electrons. The third kappa shape index (κ3) is 9.28. The Morgan fingerprint density at radius 2 is 1.80 bits per heavy atom. The number of aliphatic hydroxyl groups is 1. The van der Waals surface area contributed by atoms with Gasteiger partial charge in [0.25, 0.3) is 0 Å². The first-order valence-corrected chi connectivity index (χ1v) is 7.32. The number of nitrogens with one attached hydrogen (secondary N) is 1. The van der Waals surface area contributed by atoms with Gasteiger partial charge in [-0.25, -0.2) is 4.79 Å². The third-order valence-corrected chi connectivity index (χ3v) is 2.99. The summed E-state index contributed by atoms with van der Waals surface area (Å²) in [6.45, 7) is 6.78.